The minimum atomic E-state index is 0.809. The summed E-state index contributed by atoms with van der Waals surface area (Å²) in [6.07, 6.45) is 5.79. The topological polar surface area (TPSA) is 58.3 Å². The Bertz CT molecular complexity index is 364. The third-order valence-electron chi connectivity index (χ3n) is 3.39. The Balaban J connectivity index is 1.75. The molecule has 2 rings (SSSR count). The van der Waals surface area contributed by atoms with Crippen LogP contribution in [-0.2, 0) is 6.54 Å². The van der Waals surface area contributed by atoms with Gasteiger partial charge in [0.15, 0.2) is 5.96 Å². The summed E-state index contributed by atoms with van der Waals surface area (Å²) in [5.74, 6) is 1.84. The number of aliphatic imine (C=N–C) groups is 1. The van der Waals surface area contributed by atoms with Crippen LogP contribution in [0.15, 0.2) is 17.6 Å². The van der Waals surface area contributed by atoms with E-state index < -0.39 is 0 Å². The van der Waals surface area contributed by atoms with Crippen LogP contribution in [0.5, 0.6) is 0 Å². The highest BCUT2D eigenvalue weighted by atomic mass is 15.3. The Morgan fingerprint density at radius 1 is 1.44 bits per heavy atom. The Kier molecular flexibility index (Phi) is 4.55. The molecule has 0 amide bonds. The van der Waals surface area contributed by atoms with Crippen molar-refractivity contribution in [1.82, 2.24) is 25.0 Å². The maximum Gasteiger partial charge on any atom is 0.193 e. The van der Waals surface area contributed by atoms with Crippen LogP contribution < -0.4 is 5.32 Å². The molecule has 18 heavy (non-hydrogen) atoms. The van der Waals surface area contributed by atoms with E-state index in [0.717, 1.165) is 38.1 Å². The molecule has 0 saturated carbocycles. The molecule has 1 aliphatic rings. The normalized spacial score (nSPS) is 18.1. The Labute approximate surface area is 108 Å². The molecular formula is C12H22N6. The van der Waals surface area contributed by atoms with Gasteiger partial charge in [-0.1, -0.05) is 6.92 Å². The molecule has 0 radical (unpaired) electrons. The summed E-state index contributed by atoms with van der Waals surface area (Å²) >= 11 is 0. The van der Waals surface area contributed by atoms with E-state index in [1.54, 1.807) is 12.7 Å². The van der Waals surface area contributed by atoms with Crippen molar-refractivity contribution in [1.29, 1.82) is 0 Å². The molecule has 0 aromatic carbocycles. The monoisotopic (exact) mass is 250 g/mol. The lowest BCUT2D eigenvalue weighted by Gasteiger charge is -2.32. The molecule has 2 heterocycles. The first-order valence-corrected chi connectivity index (χ1v) is 6.57. The third kappa shape index (κ3) is 3.45. The number of hydrogen-bond acceptors (Lipinski definition) is 3. The molecule has 1 fully saturated rings. The van der Waals surface area contributed by atoms with Crippen molar-refractivity contribution >= 4 is 5.96 Å². The van der Waals surface area contributed by atoms with Gasteiger partial charge in [-0.05, 0) is 18.8 Å². The molecule has 6 heteroatoms. The van der Waals surface area contributed by atoms with E-state index >= 15 is 0 Å². The highest BCUT2D eigenvalue weighted by Gasteiger charge is 2.18. The number of nitrogens with one attached hydrogen (secondary N) is 1. The maximum absolute atomic E-state index is 4.34. The molecule has 1 saturated heterocycles. The Morgan fingerprint density at radius 3 is 2.83 bits per heavy atom. The van der Waals surface area contributed by atoms with Crippen molar-refractivity contribution in [2.75, 3.05) is 26.7 Å². The van der Waals surface area contributed by atoms with Crippen molar-refractivity contribution < 1.29 is 0 Å². The quantitative estimate of drug-likeness (QED) is 0.630. The van der Waals surface area contributed by atoms with E-state index in [1.807, 2.05) is 11.7 Å². The first-order valence-electron chi connectivity index (χ1n) is 6.57. The van der Waals surface area contributed by atoms with Crippen LogP contribution in [0.4, 0.5) is 0 Å². The first-order chi connectivity index (χ1) is 8.79. The number of nitrogens with zero attached hydrogens (tertiary/aromatic N) is 5. The summed E-state index contributed by atoms with van der Waals surface area (Å²) in [6.45, 7) is 6.15. The van der Waals surface area contributed by atoms with Gasteiger partial charge in [0.1, 0.15) is 12.7 Å². The number of guanidine groups is 1. The standard InChI is InChI=1S/C12H22N6/c1-11-3-6-17(7-4-11)12(13-2)15-5-8-18-10-14-9-16-18/h9-11H,3-8H2,1-2H3,(H,13,15). The minimum absolute atomic E-state index is 0.809. The van der Waals surface area contributed by atoms with Gasteiger partial charge >= 0.3 is 0 Å². The number of piperidine rings is 1. The van der Waals surface area contributed by atoms with E-state index in [1.165, 1.54) is 12.8 Å². The SMILES string of the molecule is CN=C(NCCn1cncn1)N1CCC(C)CC1. The van der Waals surface area contributed by atoms with Crippen molar-refractivity contribution in [3.63, 3.8) is 0 Å². The van der Waals surface area contributed by atoms with Gasteiger partial charge in [-0.15, -0.1) is 0 Å². The number of aromatic nitrogens is 3. The van der Waals surface area contributed by atoms with Gasteiger partial charge in [-0.25, -0.2) is 4.98 Å². The van der Waals surface area contributed by atoms with Crippen molar-refractivity contribution in [3.05, 3.63) is 12.7 Å². The molecule has 0 aliphatic carbocycles. The molecule has 100 valence electrons. The predicted molar refractivity (Wildman–Crippen MR) is 71.4 cm³/mol. The number of rotatable bonds is 3. The van der Waals surface area contributed by atoms with Crippen molar-refractivity contribution in [2.24, 2.45) is 10.9 Å². The average molecular weight is 250 g/mol. The summed E-state index contributed by atoms with van der Waals surface area (Å²) in [5, 5.41) is 7.45. The predicted octanol–water partition coefficient (Wildman–Crippen LogP) is 0.585. The summed E-state index contributed by atoms with van der Waals surface area (Å²) in [6, 6.07) is 0. The molecule has 0 bridgehead atoms. The lowest BCUT2D eigenvalue weighted by molar-refractivity contribution is 0.273. The van der Waals surface area contributed by atoms with Crippen LogP contribution in [0.2, 0.25) is 0 Å². The number of hydrogen-bond donors (Lipinski definition) is 1. The van der Waals surface area contributed by atoms with Crippen LogP contribution in [0.3, 0.4) is 0 Å². The fourth-order valence-electron chi connectivity index (χ4n) is 2.18. The van der Waals surface area contributed by atoms with E-state index in [0.29, 0.717) is 0 Å². The second-order valence-corrected chi connectivity index (χ2v) is 4.80. The van der Waals surface area contributed by atoms with E-state index in [-0.39, 0.29) is 0 Å². The molecule has 0 atom stereocenters. The Hall–Kier alpha value is -1.59. The lowest BCUT2D eigenvalue weighted by atomic mass is 10.00. The third-order valence-corrected chi connectivity index (χ3v) is 3.39. The van der Waals surface area contributed by atoms with E-state index in [4.69, 9.17) is 0 Å². The van der Waals surface area contributed by atoms with Crippen LogP contribution in [0, 0.1) is 5.92 Å². The van der Waals surface area contributed by atoms with Crippen molar-refractivity contribution in [3.8, 4) is 0 Å². The molecule has 1 aromatic heterocycles. The average Bonchev–Trinajstić information content (AvgIpc) is 2.89. The minimum Gasteiger partial charge on any atom is -0.354 e. The fourth-order valence-corrected chi connectivity index (χ4v) is 2.18. The molecule has 0 spiro atoms. The zero-order chi connectivity index (χ0) is 12.8. The smallest absolute Gasteiger partial charge is 0.193 e. The number of likely N-dealkylation sites (tertiary alicyclic amines) is 1. The molecule has 1 aliphatic heterocycles. The lowest BCUT2D eigenvalue weighted by Crippen LogP contribution is -2.46. The van der Waals surface area contributed by atoms with Gasteiger partial charge in [-0.2, -0.15) is 5.10 Å². The van der Waals surface area contributed by atoms with Gasteiger partial charge in [0.05, 0.1) is 6.54 Å². The fraction of sp³-hybridized carbons (Fsp3) is 0.750. The van der Waals surface area contributed by atoms with Gasteiger partial charge in [-0.3, -0.25) is 9.67 Å². The highest BCUT2D eigenvalue weighted by Crippen LogP contribution is 2.15. The zero-order valence-electron chi connectivity index (χ0n) is 11.2. The van der Waals surface area contributed by atoms with Gasteiger partial charge < -0.3 is 10.2 Å². The van der Waals surface area contributed by atoms with Crippen LogP contribution in [0.1, 0.15) is 19.8 Å². The second-order valence-electron chi connectivity index (χ2n) is 4.80. The maximum atomic E-state index is 4.34. The largest absolute Gasteiger partial charge is 0.354 e. The molecule has 6 nitrogen and oxygen atoms in total. The highest BCUT2D eigenvalue weighted by molar-refractivity contribution is 5.79. The summed E-state index contributed by atoms with van der Waals surface area (Å²) in [5.41, 5.74) is 0. The summed E-state index contributed by atoms with van der Waals surface area (Å²) in [7, 11) is 1.84. The molecule has 1 N–H and O–H groups in total. The van der Waals surface area contributed by atoms with Crippen LogP contribution in [0.25, 0.3) is 0 Å². The second kappa shape index (κ2) is 6.37. The van der Waals surface area contributed by atoms with Crippen molar-refractivity contribution in [2.45, 2.75) is 26.3 Å². The van der Waals surface area contributed by atoms with E-state index in [9.17, 15) is 0 Å². The Morgan fingerprint density at radius 2 is 2.22 bits per heavy atom. The molecule has 1 aromatic rings. The van der Waals surface area contributed by atoms with Gasteiger partial charge in [0.2, 0.25) is 0 Å². The van der Waals surface area contributed by atoms with Crippen LogP contribution >= 0.6 is 0 Å². The summed E-state index contributed by atoms with van der Waals surface area (Å²) in [4.78, 5) is 10.6. The zero-order valence-corrected chi connectivity index (χ0v) is 11.2. The first kappa shape index (κ1) is 12.9. The van der Waals surface area contributed by atoms with Gasteiger partial charge in [0.25, 0.3) is 0 Å². The molecule has 0 unspecified atom stereocenters. The van der Waals surface area contributed by atoms with Gasteiger partial charge in [0, 0.05) is 26.7 Å². The van der Waals surface area contributed by atoms with E-state index in [2.05, 4.69) is 32.2 Å². The van der Waals surface area contributed by atoms with Crippen LogP contribution in [-0.4, -0.2) is 52.3 Å². The molecular weight excluding hydrogens is 228 g/mol. The summed E-state index contributed by atoms with van der Waals surface area (Å²) < 4.78 is 1.82.